The SMILES string of the molecule is CC(C)(C)OC(=O)N(C(=O)OC(C)(C)C)c1ccnc(B2OC(C)(C)C(C)(C)O2)c1. The molecule has 1 aliphatic rings. The number of carbonyl (C=O) groups excluding carboxylic acids is 2. The molecular formula is C21H33BN2O6. The Kier molecular flexibility index (Phi) is 6.32. The van der Waals surface area contributed by atoms with E-state index in [1.807, 2.05) is 27.7 Å². The Morgan fingerprint density at radius 2 is 1.37 bits per heavy atom. The fourth-order valence-electron chi connectivity index (χ4n) is 2.57. The fraction of sp³-hybridized carbons (Fsp3) is 0.667. The number of pyridine rings is 1. The normalized spacial score (nSPS) is 18.1. The third kappa shape index (κ3) is 5.73. The molecule has 0 atom stereocenters. The molecule has 0 unspecified atom stereocenters. The van der Waals surface area contributed by atoms with Crippen molar-refractivity contribution in [1.82, 2.24) is 4.98 Å². The number of hydrogen-bond acceptors (Lipinski definition) is 7. The van der Waals surface area contributed by atoms with E-state index in [0.29, 0.717) is 5.59 Å². The molecule has 1 aliphatic heterocycles. The van der Waals surface area contributed by atoms with E-state index >= 15 is 0 Å². The minimum Gasteiger partial charge on any atom is -0.443 e. The van der Waals surface area contributed by atoms with Crippen LogP contribution in [-0.4, -0.2) is 46.7 Å². The molecule has 0 N–H and O–H groups in total. The van der Waals surface area contributed by atoms with Gasteiger partial charge in [-0.15, -0.1) is 0 Å². The maximum Gasteiger partial charge on any atom is 0.514 e. The van der Waals surface area contributed by atoms with Crippen molar-refractivity contribution in [1.29, 1.82) is 0 Å². The quantitative estimate of drug-likeness (QED) is 0.667. The van der Waals surface area contributed by atoms with Crippen LogP contribution in [0.4, 0.5) is 15.3 Å². The molecule has 1 fully saturated rings. The summed E-state index contributed by atoms with van der Waals surface area (Å²) in [6, 6.07) is 3.10. The van der Waals surface area contributed by atoms with Gasteiger partial charge < -0.3 is 18.8 Å². The molecule has 2 rings (SSSR count). The molecule has 1 saturated heterocycles. The third-order valence-electron chi connectivity index (χ3n) is 4.67. The van der Waals surface area contributed by atoms with Crippen LogP contribution in [-0.2, 0) is 18.8 Å². The van der Waals surface area contributed by atoms with Crippen LogP contribution in [0.5, 0.6) is 0 Å². The first-order valence-corrected chi connectivity index (χ1v) is 10.00. The monoisotopic (exact) mass is 420 g/mol. The molecule has 1 aromatic rings. The zero-order valence-electron chi connectivity index (χ0n) is 19.7. The summed E-state index contributed by atoms with van der Waals surface area (Å²) >= 11 is 0. The predicted octanol–water partition coefficient (Wildman–Crippen LogP) is 4.06. The topological polar surface area (TPSA) is 87.2 Å². The Morgan fingerprint density at radius 3 is 1.77 bits per heavy atom. The largest absolute Gasteiger partial charge is 0.514 e. The van der Waals surface area contributed by atoms with Crippen LogP contribution in [0.1, 0.15) is 69.2 Å². The van der Waals surface area contributed by atoms with Crippen LogP contribution >= 0.6 is 0 Å². The van der Waals surface area contributed by atoms with Crippen LogP contribution in [0.2, 0.25) is 0 Å². The minimum absolute atomic E-state index is 0.248. The van der Waals surface area contributed by atoms with E-state index in [1.165, 1.54) is 12.3 Å². The lowest BCUT2D eigenvalue weighted by Gasteiger charge is -2.32. The number of anilines is 1. The van der Waals surface area contributed by atoms with Crippen molar-refractivity contribution in [2.75, 3.05) is 4.90 Å². The van der Waals surface area contributed by atoms with Crippen molar-refractivity contribution in [3.8, 4) is 0 Å². The van der Waals surface area contributed by atoms with Gasteiger partial charge in [0.2, 0.25) is 0 Å². The van der Waals surface area contributed by atoms with Crippen LogP contribution < -0.4 is 10.5 Å². The summed E-state index contributed by atoms with van der Waals surface area (Å²) in [6.45, 7) is 18.1. The number of ether oxygens (including phenoxy) is 2. The number of carbonyl (C=O) groups is 2. The van der Waals surface area contributed by atoms with Crippen LogP contribution in [0, 0.1) is 0 Å². The van der Waals surface area contributed by atoms with Crippen molar-refractivity contribution in [2.45, 2.75) is 91.6 Å². The second-order valence-electron chi connectivity index (χ2n) is 10.3. The molecule has 0 saturated carbocycles. The molecular weight excluding hydrogens is 387 g/mol. The molecule has 0 aromatic carbocycles. The van der Waals surface area contributed by atoms with Gasteiger partial charge in [-0.2, -0.15) is 4.90 Å². The van der Waals surface area contributed by atoms with E-state index in [1.54, 1.807) is 47.6 Å². The zero-order chi connectivity index (χ0) is 23.1. The van der Waals surface area contributed by atoms with E-state index in [2.05, 4.69) is 4.98 Å². The highest BCUT2D eigenvalue weighted by Gasteiger charge is 2.52. The van der Waals surface area contributed by atoms with Gasteiger partial charge in [-0.05, 0) is 81.4 Å². The Morgan fingerprint density at radius 1 is 0.933 bits per heavy atom. The summed E-state index contributed by atoms with van der Waals surface area (Å²) < 4.78 is 22.9. The highest BCUT2D eigenvalue weighted by Crippen LogP contribution is 2.36. The highest BCUT2D eigenvalue weighted by molar-refractivity contribution is 6.61. The second kappa shape index (κ2) is 7.85. The summed E-state index contributed by atoms with van der Waals surface area (Å²) in [5.74, 6) is 0. The van der Waals surface area contributed by atoms with Crippen LogP contribution in [0.3, 0.4) is 0 Å². The smallest absolute Gasteiger partial charge is 0.443 e. The van der Waals surface area contributed by atoms with E-state index in [9.17, 15) is 9.59 Å². The maximum atomic E-state index is 12.8. The number of rotatable bonds is 2. The lowest BCUT2D eigenvalue weighted by atomic mass is 9.84. The van der Waals surface area contributed by atoms with Gasteiger partial charge in [-0.25, -0.2) is 9.59 Å². The van der Waals surface area contributed by atoms with Gasteiger partial charge >= 0.3 is 19.3 Å². The maximum absolute atomic E-state index is 12.8. The molecule has 2 amide bonds. The summed E-state index contributed by atoms with van der Waals surface area (Å²) in [7, 11) is -0.742. The molecule has 1 aromatic heterocycles. The summed E-state index contributed by atoms with van der Waals surface area (Å²) in [5.41, 5.74) is -2.00. The zero-order valence-corrected chi connectivity index (χ0v) is 19.7. The molecule has 9 heteroatoms. The van der Waals surface area contributed by atoms with Gasteiger partial charge in [-0.3, -0.25) is 4.98 Å². The van der Waals surface area contributed by atoms with Gasteiger partial charge in [0, 0.05) is 6.20 Å². The first-order chi connectivity index (χ1) is 13.4. The van der Waals surface area contributed by atoms with Crippen LogP contribution in [0.25, 0.3) is 0 Å². The van der Waals surface area contributed by atoms with Crippen LogP contribution in [0.15, 0.2) is 18.3 Å². The van der Waals surface area contributed by atoms with Crippen molar-refractivity contribution in [3.63, 3.8) is 0 Å². The average Bonchev–Trinajstić information content (AvgIpc) is 2.72. The number of hydrogen-bond donors (Lipinski definition) is 0. The standard InChI is InChI=1S/C21H33BN2O6/c1-18(2,3)27-16(25)24(17(26)28-19(4,5)6)14-11-12-23-15(13-14)22-29-20(7,8)21(9,10)30-22/h11-13H,1-10H3. The van der Waals surface area contributed by atoms with Gasteiger partial charge in [0.1, 0.15) is 11.2 Å². The fourth-order valence-corrected chi connectivity index (χ4v) is 2.57. The lowest BCUT2D eigenvalue weighted by Crippen LogP contribution is -2.45. The van der Waals surface area contributed by atoms with Gasteiger partial charge in [0.15, 0.2) is 0 Å². The molecule has 166 valence electrons. The number of imide groups is 1. The Labute approximate surface area is 179 Å². The van der Waals surface area contributed by atoms with Crippen molar-refractivity contribution < 1.29 is 28.4 Å². The molecule has 0 spiro atoms. The Balaban J connectivity index is 2.41. The second-order valence-corrected chi connectivity index (χ2v) is 10.3. The van der Waals surface area contributed by atoms with Crippen molar-refractivity contribution in [2.24, 2.45) is 0 Å². The van der Waals surface area contributed by atoms with E-state index < -0.39 is 41.7 Å². The van der Waals surface area contributed by atoms with E-state index in [4.69, 9.17) is 18.8 Å². The first kappa shape index (κ1) is 24.1. The third-order valence-corrected chi connectivity index (χ3v) is 4.67. The molecule has 0 bridgehead atoms. The lowest BCUT2D eigenvalue weighted by molar-refractivity contribution is 0.00578. The van der Waals surface area contributed by atoms with Crippen molar-refractivity contribution >= 4 is 30.6 Å². The molecule has 0 radical (unpaired) electrons. The summed E-state index contributed by atoms with van der Waals surface area (Å²) in [6.07, 6.45) is -0.206. The number of aromatic nitrogens is 1. The molecule has 8 nitrogen and oxygen atoms in total. The summed E-state index contributed by atoms with van der Waals surface area (Å²) in [4.78, 5) is 30.9. The van der Waals surface area contributed by atoms with E-state index in [0.717, 1.165) is 4.90 Å². The Hall–Kier alpha value is -2.13. The summed E-state index contributed by atoms with van der Waals surface area (Å²) in [5, 5.41) is 0. The highest BCUT2D eigenvalue weighted by atomic mass is 16.7. The van der Waals surface area contributed by atoms with Gasteiger partial charge in [0.05, 0.1) is 22.5 Å². The average molecular weight is 420 g/mol. The minimum atomic E-state index is -0.845. The first-order valence-electron chi connectivity index (χ1n) is 10.00. The van der Waals surface area contributed by atoms with Crippen molar-refractivity contribution in [3.05, 3.63) is 18.3 Å². The Bertz CT molecular complexity index is 766. The number of amides is 2. The number of nitrogens with zero attached hydrogens (tertiary/aromatic N) is 2. The predicted molar refractivity (Wildman–Crippen MR) is 115 cm³/mol. The van der Waals surface area contributed by atoms with E-state index in [-0.39, 0.29) is 5.69 Å². The van der Waals surface area contributed by atoms with Gasteiger partial charge in [0.25, 0.3) is 0 Å². The molecule has 0 aliphatic carbocycles. The van der Waals surface area contributed by atoms with Gasteiger partial charge in [-0.1, -0.05) is 0 Å². The molecule has 30 heavy (non-hydrogen) atoms. The molecule has 2 heterocycles.